The molecule has 138 valence electrons. The van der Waals surface area contributed by atoms with Crippen LogP contribution in [0.3, 0.4) is 0 Å². The van der Waals surface area contributed by atoms with Gasteiger partial charge in [-0.05, 0) is 38.2 Å². The third kappa shape index (κ3) is 4.21. The molecular weight excluding hydrogens is 324 g/mol. The van der Waals surface area contributed by atoms with Crippen LogP contribution in [-0.2, 0) is 6.54 Å². The van der Waals surface area contributed by atoms with Gasteiger partial charge in [0.1, 0.15) is 17.3 Å². The number of carbonyl (C=O) groups excluding carboxylic acids is 1. The van der Waals surface area contributed by atoms with Gasteiger partial charge in [-0.1, -0.05) is 37.3 Å². The number of carbonyl (C=O) groups is 1. The van der Waals surface area contributed by atoms with E-state index in [1.807, 2.05) is 50.4 Å². The van der Waals surface area contributed by atoms with E-state index in [0.29, 0.717) is 24.1 Å². The molecule has 0 aliphatic carbocycles. The first-order valence-electron chi connectivity index (χ1n) is 9.50. The zero-order chi connectivity index (χ0) is 18.5. The lowest BCUT2D eigenvalue weighted by molar-refractivity contribution is 0.0779. The summed E-state index contributed by atoms with van der Waals surface area (Å²) in [6, 6.07) is 12.4. The Labute approximate surface area is 156 Å². The van der Waals surface area contributed by atoms with Crippen molar-refractivity contribution in [2.24, 2.45) is 0 Å². The van der Waals surface area contributed by atoms with E-state index < -0.39 is 0 Å². The van der Waals surface area contributed by atoms with Crippen molar-refractivity contribution in [3.63, 3.8) is 0 Å². The van der Waals surface area contributed by atoms with Crippen LogP contribution < -0.4 is 4.90 Å². The van der Waals surface area contributed by atoms with Crippen molar-refractivity contribution in [2.45, 2.75) is 52.1 Å². The summed E-state index contributed by atoms with van der Waals surface area (Å²) < 4.78 is 0. The summed E-state index contributed by atoms with van der Waals surface area (Å²) in [5.41, 5.74) is 1.59. The van der Waals surface area contributed by atoms with Crippen LogP contribution in [0, 0.1) is 6.92 Å². The standard InChI is InChI=1S/C21H28N4O/c1-4-18-12-8-9-13-25(18)20-14-19(22-16(2)23-20)21(26)24(3)15-17-10-6-5-7-11-17/h5-7,10-11,14,18H,4,8-9,12-13,15H2,1-3H3. The Kier molecular flexibility index (Phi) is 5.86. The van der Waals surface area contributed by atoms with Gasteiger partial charge in [-0.25, -0.2) is 9.97 Å². The van der Waals surface area contributed by atoms with E-state index in [4.69, 9.17) is 0 Å². The fraction of sp³-hybridized carbons (Fsp3) is 0.476. The van der Waals surface area contributed by atoms with E-state index in [1.54, 1.807) is 4.90 Å². The molecule has 1 unspecified atom stereocenters. The Morgan fingerprint density at radius 1 is 1.23 bits per heavy atom. The summed E-state index contributed by atoms with van der Waals surface area (Å²) in [4.78, 5) is 26.0. The molecule has 3 rings (SSSR count). The number of rotatable bonds is 5. The maximum Gasteiger partial charge on any atom is 0.272 e. The van der Waals surface area contributed by atoms with Crippen molar-refractivity contribution in [3.05, 3.63) is 53.5 Å². The molecule has 5 heteroatoms. The molecule has 0 spiro atoms. The fourth-order valence-corrected chi connectivity index (χ4v) is 3.66. The molecule has 26 heavy (non-hydrogen) atoms. The van der Waals surface area contributed by atoms with Crippen LogP contribution in [0.5, 0.6) is 0 Å². The highest BCUT2D eigenvalue weighted by atomic mass is 16.2. The van der Waals surface area contributed by atoms with Gasteiger partial charge < -0.3 is 9.80 Å². The maximum atomic E-state index is 12.9. The van der Waals surface area contributed by atoms with Crippen molar-refractivity contribution < 1.29 is 4.79 Å². The molecule has 1 aromatic heterocycles. The lowest BCUT2D eigenvalue weighted by atomic mass is 10.00. The molecule has 0 bridgehead atoms. The van der Waals surface area contributed by atoms with Crippen molar-refractivity contribution in [1.29, 1.82) is 0 Å². The Bertz CT molecular complexity index is 747. The molecule has 1 aliphatic heterocycles. The van der Waals surface area contributed by atoms with Gasteiger partial charge >= 0.3 is 0 Å². The van der Waals surface area contributed by atoms with Crippen molar-refractivity contribution in [3.8, 4) is 0 Å². The Morgan fingerprint density at radius 3 is 2.73 bits per heavy atom. The summed E-state index contributed by atoms with van der Waals surface area (Å²) in [6.45, 7) is 5.65. The normalized spacial score (nSPS) is 17.2. The molecule has 5 nitrogen and oxygen atoms in total. The first-order chi connectivity index (χ1) is 12.6. The monoisotopic (exact) mass is 352 g/mol. The van der Waals surface area contributed by atoms with E-state index in [0.717, 1.165) is 24.3 Å². The van der Waals surface area contributed by atoms with Gasteiger partial charge in [0.15, 0.2) is 0 Å². The first kappa shape index (κ1) is 18.4. The lowest BCUT2D eigenvalue weighted by Crippen LogP contribution is -2.40. The van der Waals surface area contributed by atoms with Gasteiger partial charge in [-0.2, -0.15) is 0 Å². The number of piperidine rings is 1. The topological polar surface area (TPSA) is 49.3 Å². The number of nitrogens with zero attached hydrogens (tertiary/aromatic N) is 4. The van der Waals surface area contributed by atoms with E-state index >= 15 is 0 Å². The van der Waals surface area contributed by atoms with Gasteiger partial charge in [0, 0.05) is 32.2 Å². The van der Waals surface area contributed by atoms with Crippen LogP contribution in [0.4, 0.5) is 5.82 Å². The predicted molar refractivity (Wildman–Crippen MR) is 104 cm³/mol. The molecule has 0 N–H and O–H groups in total. The molecule has 1 aromatic carbocycles. The number of aryl methyl sites for hydroxylation is 1. The van der Waals surface area contributed by atoms with Crippen LogP contribution in [-0.4, -0.2) is 40.4 Å². The quantitative estimate of drug-likeness (QED) is 0.821. The molecule has 2 heterocycles. The first-order valence-corrected chi connectivity index (χ1v) is 9.50. The zero-order valence-corrected chi connectivity index (χ0v) is 16.0. The molecular formula is C21H28N4O. The third-order valence-corrected chi connectivity index (χ3v) is 5.05. The number of benzene rings is 1. The van der Waals surface area contributed by atoms with Crippen LogP contribution >= 0.6 is 0 Å². The predicted octanol–water partition coefficient (Wildman–Crippen LogP) is 3.83. The smallest absolute Gasteiger partial charge is 0.272 e. The fourth-order valence-electron chi connectivity index (χ4n) is 3.66. The highest BCUT2D eigenvalue weighted by Crippen LogP contribution is 2.25. The largest absolute Gasteiger partial charge is 0.354 e. The number of anilines is 1. The molecule has 0 saturated carbocycles. The van der Waals surface area contributed by atoms with Crippen LogP contribution in [0.15, 0.2) is 36.4 Å². The summed E-state index contributed by atoms with van der Waals surface area (Å²) in [5.74, 6) is 1.48. The second-order valence-corrected chi connectivity index (χ2v) is 7.06. The SMILES string of the molecule is CCC1CCCCN1c1cc(C(=O)N(C)Cc2ccccc2)nc(C)n1. The number of amides is 1. The van der Waals surface area contributed by atoms with Gasteiger partial charge in [0.05, 0.1) is 0 Å². The Hall–Kier alpha value is -2.43. The van der Waals surface area contributed by atoms with E-state index in [2.05, 4.69) is 21.8 Å². The molecule has 1 amide bonds. The summed E-state index contributed by atoms with van der Waals surface area (Å²) in [5, 5.41) is 0. The van der Waals surface area contributed by atoms with E-state index in [1.165, 1.54) is 19.3 Å². The molecule has 1 aliphatic rings. The van der Waals surface area contributed by atoms with E-state index in [9.17, 15) is 4.79 Å². The molecule has 1 atom stereocenters. The van der Waals surface area contributed by atoms with Crippen molar-refractivity contribution in [2.75, 3.05) is 18.5 Å². The average Bonchev–Trinajstić information content (AvgIpc) is 2.67. The summed E-state index contributed by atoms with van der Waals surface area (Å²) >= 11 is 0. The van der Waals surface area contributed by atoms with Gasteiger partial charge in [0.2, 0.25) is 0 Å². The van der Waals surface area contributed by atoms with Crippen molar-refractivity contribution >= 4 is 11.7 Å². The second-order valence-electron chi connectivity index (χ2n) is 7.06. The molecule has 1 saturated heterocycles. The minimum Gasteiger partial charge on any atom is -0.354 e. The van der Waals surface area contributed by atoms with Crippen molar-refractivity contribution in [1.82, 2.24) is 14.9 Å². The second kappa shape index (κ2) is 8.30. The Balaban J connectivity index is 1.81. The van der Waals surface area contributed by atoms with Crippen LogP contribution in [0.2, 0.25) is 0 Å². The molecule has 2 aromatic rings. The zero-order valence-electron chi connectivity index (χ0n) is 16.0. The third-order valence-electron chi connectivity index (χ3n) is 5.05. The lowest BCUT2D eigenvalue weighted by Gasteiger charge is -2.36. The summed E-state index contributed by atoms with van der Waals surface area (Å²) in [7, 11) is 1.82. The minimum atomic E-state index is -0.0642. The van der Waals surface area contributed by atoms with E-state index in [-0.39, 0.29) is 5.91 Å². The molecule has 1 fully saturated rings. The van der Waals surface area contributed by atoms with Gasteiger partial charge in [0.25, 0.3) is 5.91 Å². The average molecular weight is 352 g/mol. The number of aromatic nitrogens is 2. The maximum absolute atomic E-state index is 12.9. The van der Waals surface area contributed by atoms with Crippen LogP contribution in [0.25, 0.3) is 0 Å². The highest BCUT2D eigenvalue weighted by Gasteiger charge is 2.24. The van der Waals surface area contributed by atoms with Crippen LogP contribution in [0.1, 0.15) is 54.5 Å². The number of hydrogen-bond donors (Lipinski definition) is 0. The Morgan fingerprint density at radius 2 is 2.00 bits per heavy atom. The molecule has 0 radical (unpaired) electrons. The van der Waals surface area contributed by atoms with Gasteiger partial charge in [-0.15, -0.1) is 0 Å². The number of hydrogen-bond acceptors (Lipinski definition) is 4. The summed E-state index contributed by atoms with van der Waals surface area (Å²) in [6.07, 6.45) is 4.73. The van der Waals surface area contributed by atoms with Gasteiger partial charge in [-0.3, -0.25) is 4.79 Å². The highest BCUT2D eigenvalue weighted by molar-refractivity contribution is 5.92. The minimum absolute atomic E-state index is 0.0642.